The maximum absolute atomic E-state index is 13.2. The molecule has 0 N–H and O–H groups in total. The summed E-state index contributed by atoms with van der Waals surface area (Å²) in [7, 11) is 0. The van der Waals surface area contributed by atoms with Gasteiger partial charge in [0.25, 0.3) is 0 Å². The second kappa shape index (κ2) is 10.2. The molecule has 0 aliphatic carbocycles. The van der Waals surface area contributed by atoms with Crippen LogP contribution in [-0.2, 0) is 6.54 Å². The quantitative estimate of drug-likeness (QED) is 0.345. The minimum Gasteiger partial charge on any atom is -0.408 e. The number of Topliss-reactive ketones (excluding diaryl/α,β-unsaturated/α-hetero) is 1. The molecule has 1 fully saturated rings. The van der Waals surface area contributed by atoms with E-state index in [1.807, 2.05) is 12.1 Å². The highest BCUT2D eigenvalue weighted by Crippen LogP contribution is 2.26. The van der Waals surface area contributed by atoms with Crippen molar-refractivity contribution >= 4 is 22.6 Å². The van der Waals surface area contributed by atoms with Crippen LogP contribution in [0.5, 0.6) is 0 Å². The van der Waals surface area contributed by atoms with Gasteiger partial charge in [-0.2, -0.15) is 0 Å². The lowest BCUT2D eigenvalue weighted by molar-refractivity contribution is 0.101. The number of benzene rings is 2. The third-order valence-electron chi connectivity index (χ3n) is 6.61. The van der Waals surface area contributed by atoms with Gasteiger partial charge < -0.3 is 9.32 Å². The van der Waals surface area contributed by atoms with E-state index in [-0.39, 0.29) is 17.4 Å². The number of nitrogens with zero attached hydrogens (tertiary/aromatic N) is 2. The van der Waals surface area contributed by atoms with Crippen molar-refractivity contribution in [1.29, 1.82) is 0 Å². The molecule has 0 bridgehead atoms. The van der Waals surface area contributed by atoms with Crippen molar-refractivity contribution in [2.24, 2.45) is 5.92 Å². The first-order chi connectivity index (χ1) is 15.5. The molecule has 1 aliphatic rings. The highest BCUT2D eigenvalue weighted by Gasteiger charge is 2.16. The average Bonchev–Trinajstić information content (AvgIpc) is 3.07. The molecule has 5 nitrogen and oxygen atoms in total. The Morgan fingerprint density at radius 1 is 1.06 bits per heavy atom. The predicted octanol–water partition coefficient (Wildman–Crippen LogP) is 5.80. The van der Waals surface area contributed by atoms with E-state index >= 15 is 0 Å². The van der Waals surface area contributed by atoms with Crippen LogP contribution in [0.1, 0.15) is 62.2 Å². The number of rotatable bonds is 7. The van der Waals surface area contributed by atoms with E-state index in [0.717, 1.165) is 56.4 Å². The lowest BCUT2D eigenvalue weighted by Gasteiger charge is -2.30. The van der Waals surface area contributed by atoms with Gasteiger partial charge in [-0.15, -0.1) is 0 Å². The maximum atomic E-state index is 13.2. The zero-order valence-corrected chi connectivity index (χ0v) is 18.7. The Labute approximate surface area is 187 Å². The Bertz CT molecular complexity index is 1120. The number of aryl methyl sites for hydroxylation is 1. The van der Waals surface area contributed by atoms with E-state index in [2.05, 4.69) is 4.90 Å². The molecule has 170 valence electrons. The number of oxazole rings is 1. The van der Waals surface area contributed by atoms with Gasteiger partial charge in [-0.05, 0) is 74.6 Å². The fraction of sp³-hybridized carbons (Fsp3) is 0.462. The van der Waals surface area contributed by atoms with E-state index in [9.17, 15) is 14.0 Å². The third kappa shape index (κ3) is 5.29. The Morgan fingerprint density at radius 3 is 2.66 bits per heavy atom. The highest BCUT2D eigenvalue weighted by atomic mass is 19.1. The van der Waals surface area contributed by atoms with Gasteiger partial charge in [0.2, 0.25) is 0 Å². The number of halogens is 1. The minimum absolute atomic E-state index is 0.0421. The molecule has 0 radical (unpaired) electrons. The SMILES string of the molecule is CC(=O)c1ccc2c(c1)oc(=O)n2CCCCC1CCCCN(c2ccc(F)cc2)CC1. The fourth-order valence-corrected chi connectivity index (χ4v) is 4.73. The Balaban J connectivity index is 1.29. The molecule has 1 aliphatic heterocycles. The molecule has 3 aromatic rings. The van der Waals surface area contributed by atoms with Crippen molar-refractivity contribution in [3.8, 4) is 0 Å². The summed E-state index contributed by atoms with van der Waals surface area (Å²) in [6, 6.07) is 12.0. The Morgan fingerprint density at radius 2 is 1.88 bits per heavy atom. The standard InChI is InChI=1S/C26H31FN2O3/c1-19(30)21-8-13-24-25(18-21)32-26(31)29(24)16-5-3-7-20-6-2-4-15-28(17-14-20)23-11-9-22(27)10-12-23/h8-13,18,20H,2-7,14-17H2,1H3. The van der Waals surface area contributed by atoms with E-state index < -0.39 is 0 Å². The molecule has 1 unspecified atom stereocenters. The van der Waals surface area contributed by atoms with E-state index in [1.165, 1.54) is 31.9 Å². The number of carbonyl (C=O) groups is 1. The van der Waals surface area contributed by atoms with Gasteiger partial charge in [-0.25, -0.2) is 9.18 Å². The van der Waals surface area contributed by atoms with Crippen LogP contribution in [0.4, 0.5) is 10.1 Å². The summed E-state index contributed by atoms with van der Waals surface area (Å²) in [5.41, 5.74) is 2.88. The van der Waals surface area contributed by atoms with Crippen LogP contribution in [0.3, 0.4) is 0 Å². The van der Waals surface area contributed by atoms with Gasteiger partial charge in [0, 0.05) is 30.9 Å². The number of ketones is 1. The highest BCUT2D eigenvalue weighted by molar-refractivity contribution is 5.96. The van der Waals surface area contributed by atoms with Crippen molar-refractivity contribution in [3.05, 3.63) is 64.4 Å². The summed E-state index contributed by atoms with van der Waals surface area (Å²) in [4.78, 5) is 26.2. The number of fused-ring (bicyclic) bond motifs is 1. The lowest BCUT2D eigenvalue weighted by atomic mass is 9.91. The molecule has 0 spiro atoms. The van der Waals surface area contributed by atoms with E-state index in [4.69, 9.17) is 4.42 Å². The lowest BCUT2D eigenvalue weighted by Crippen LogP contribution is -2.29. The molecule has 1 atom stereocenters. The summed E-state index contributed by atoms with van der Waals surface area (Å²) in [5, 5.41) is 0. The number of hydrogen-bond acceptors (Lipinski definition) is 4. The summed E-state index contributed by atoms with van der Waals surface area (Å²) in [6.45, 7) is 4.16. The topological polar surface area (TPSA) is 55.5 Å². The maximum Gasteiger partial charge on any atom is 0.419 e. The zero-order chi connectivity index (χ0) is 22.5. The van der Waals surface area contributed by atoms with Crippen LogP contribution in [0, 0.1) is 11.7 Å². The van der Waals surface area contributed by atoms with Crippen LogP contribution >= 0.6 is 0 Å². The molecular weight excluding hydrogens is 407 g/mol. The van der Waals surface area contributed by atoms with Crippen LogP contribution in [0.15, 0.2) is 51.7 Å². The van der Waals surface area contributed by atoms with Crippen LogP contribution in [0.25, 0.3) is 11.1 Å². The molecule has 32 heavy (non-hydrogen) atoms. The first-order valence-electron chi connectivity index (χ1n) is 11.7. The Hall–Kier alpha value is -2.89. The number of aromatic nitrogens is 1. The summed E-state index contributed by atoms with van der Waals surface area (Å²) in [6.07, 6.45) is 7.89. The largest absolute Gasteiger partial charge is 0.419 e. The van der Waals surface area contributed by atoms with Gasteiger partial charge in [0.05, 0.1) is 5.52 Å². The smallest absolute Gasteiger partial charge is 0.408 e. The number of anilines is 1. The number of hydrogen-bond donors (Lipinski definition) is 0. The zero-order valence-electron chi connectivity index (χ0n) is 18.7. The fourth-order valence-electron chi connectivity index (χ4n) is 4.73. The molecule has 1 saturated heterocycles. The van der Waals surface area contributed by atoms with Gasteiger partial charge in [-0.3, -0.25) is 9.36 Å². The van der Waals surface area contributed by atoms with E-state index in [1.54, 1.807) is 22.8 Å². The molecule has 6 heteroatoms. The summed E-state index contributed by atoms with van der Waals surface area (Å²) >= 11 is 0. The normalized spacial score (nSPS) is 17.3. The van der Waals surface area contributed by atoms with Crippen LogP contribution in [-0.4, -0.2) is 23.4 Å². The average molecular weight is 439 g/mol. The van der Waals surface area contributed by atoms with Crippen molar-refractivity contribution in [3.63, 3.8) is 0 Å². The van der Waals surface area contributed by atoms with Gasteiger partial charge in [-0.1, -0.05) is 25.7 Å². The third-order valence-corrected chi connectivity index (χ3v) is 6.61. The molecular formula is C26H31FN2O3. The molecule has 2 aromatic carbocycles. The van der Waals surface area contributed by atoms with E-state index in [0.29, 0.717) is 23.6 Å². The second-order valence-corrected chi connectivity index (χ2v) is 8.87. The Kier molecular flexibility index (Phi) is 7.08. The van der Waals surface area contributed by atoms with Crippen LogP contribution < -0.4 is 10.7 Å². The first kappa shape index (κ1) is 22.3. The van der Waals surface area contributed by atoms with Crippen molar-refractivity contribution in [2.45, 2.75) is 58.4 Å². The van der Waals surface area contributed by atoms with Crippen LogP contribution in [0.2, 0.25) is 0 Å². The monoisotopic (exact) mass is 438 g/mol. The molecule has 4 rings (SSSR count). The second-order valence-electron chi connectivity index (χ2n) is 8.87. The molecule has 0 saturated carbocycles. The summed E-state index contributed by atoms with van der Waals surface area (Å²) < 4.78 is 20.3. The van der Waals surface area contributed by atoms with Crippen molar-refractivity contribution in [2.75, 3.05) is 18.0 Å². The molecule has 1 aromatic heterocycles. The van der Waals surface area contributed by atoms with Gasteiger partial charge in [0.15, 0.2) is 11.4 Å². The predicted molar refractivity (Wildman–Crippen MR) is 125 cm³/mol. The molecule has 0 amide bonds. The minimum atomic E-state index is -0.360. The van der Waals surface area contributed by atoms with Crippen molar-refractivity contribution < 1.29 is 13.6 Å². The summed E-state index contributed by atoms with van der Waals surface area (Å²) in [5.74, 6) is 0.0812. The van der Waals surface area contributed by atoms with Gasteiger partial charge in [0.1, 0.15) is 5.82 Å². The number of unbranched alkanes of at least 4 members (excludes halogenated alkanes) is 1. The van der Waals surface area contributed by atoms with Gasteiger partial charge >= 0.3 is 5.76 Å². The number of carbonyl (C=O) groups excluding carboxylic acids is 1. The molecule has 2 heterocycles. The first-order valence-corrected chi connectivity index (χ1v) is 11.7. The van der Waals surface area contributed by atoms with Crippen molar-refractivity contribution in [1.82, 2.24) is 4.57 Å².